The van der Waals surface area contributed by atoms with Crippen LogP contribution in [-0.4, -0.2) is 34.9 Å². The summed E-state index contributed by atoms with van der Waals surface area (Å²) in [5.74, 6) is -0.0333. The predicted molar refractivity (Wildman–Crippen MR) is 81.6 cm³/mol. The van der Waals surface area contributed by atoms with Gasteiger partial charge in [0, 0.05) is 41.4 Å². The fourth-order valence-electron chi connectivity index (χ4n) is 2.60. The van der Waals surface area contributed by atoms with Crippen LogP contribution in [0.4, 0.5) is 5.69 Å². The van der Waals surface area contributed by atoms with Crippen LogP contribution in [0.2, 0.25) is 0 Å². The van der Waals surface area contributed by atoms with Crippen LogP contribution >= 0.6 is 11.3 Å². The maximum Gasteiger partial charge on any atom is 0.270 e. The maximum absolute atomic E-state index is 12.5. The zero-order chi connectivity index (χ0) is 15.0. The normalized spacial score (nSPS) is 18.9. The molecule has 0 spiro atoms. The molecule has 1 aliphatic heterocycles. The lowest BCUT2D eigenvalue weighted by molar-refractivity contribution is -0.384. The molecule has 2 heterocycles. The Kier molecular flexibility index (Phi) is 3.60. The van der Waals surface area contributed by atoms with Gasteiger partial charge < -0.3 is 10.6 Å². The number of nitrogens with zero attached hydrogens (tertiary/aromatic N) is 2. The second-order valence-corrected chi connectivity index (χ2v) is 6.33. The van der Waals surface area contributed by atoms with Crippen LogP contribution < -0.4 is 5.73 Å². The first-order valence-electron chi connectivity index (χ1n) is 6.77. The summed E-state index contributed by atoms with van der Waals surface area (Å²) in [5.41, 5.74) is 5.94. The lowest BCUT2D eigenvalue weighted by atomic mass is 10.1. The SMILES string of the molecule is NC1CCCN(C(=O)c2cc3cc([N+](=O)[O-])ccc3s2)C1. The molecule has 2 aromatic rings. The third-order valence-electron chi connectivity index (χ3n) is 3.67. The summed E-state index contributed by atoms with van der Waals surface area (Å²) < 4.78 is 0.880. The summed E-state index contributed by atoms with van der Waals surface area (Å²) in [4.78, 5) is 25.2. The van der Waals surface area contributed by atoms with Gasteiger partial charge in [-0.25, -0.2) is 0 Å². The first-order chi connectivity index (χ1) is 10.0. The maximum atomic E-state index is 12.5. The van der Waals surface area contributed by atoms with Crippen molar-refractivity contribution >= 4 is 33.0 Å². The molecule has 1 aliphatic rings. The van der Waals surface area contributed by atoms with Crippen molar-refractivity contribution in [1.82, 2.24) is 4.90 Å². The van der Waals surface area contributed by atoms with Crippen molar-refractivity contribution in [3.63, 3.8) is 0 Å². The number of nitrogens with two attached hydrogens (primary N) is 1. The Morgan fingerprint density at radius 2 is 2.24 bits per heavy atom. The molecule has 1 atom stereocenters. The van der Waals surface area contributed by atoms with E-state index in [-0.39, 0.29) is 17.6 Å². The number of amides is 1. The standard InChI is InChI=1S/C14H15N3O3S/c15-10-2-1-5-16(8-10)14(18)13-7-9-6-11(17(19)20)3-4-12(9)21-13/h3-4,6-7,10H,1-2,5,8,15H2. The first-order valence-corrected chi connectivity index (χ1v) is 7.59. The van der Waals surface area contributed by atoms with E-state index in [2.05, 4.69) is 0 Å². The van der Waals surface area contributed by atoms with Gasteiger partial charge in [0.1, 0.15) is 0 Å². The van der Waals surface area contributed by atoms with Gasteiger partial charge in [0.25, 0.3) is 11.6 Å². The lowest BCUT2D eigenvalue weighted by Gasteiger charge is -2.30. The second-order valence-electron chi connectivity index (χ2n) is 5.24. The van der Waals surface area contributed by atoms with E-state index in [4.69, 9.17) is 5.73 Å². The van der Waals surface area contributed by atoms with Crippen molar-refractivity contribution in [2.45, 2.75) is 18.9 Å². The van der Waals surface area contributed by atoms with Crippen LogP contribution in [0.15, 0.2) is 24.3 Å². The van der Waals surface area contributed by atoms with Gasteiger partial charge >= 0.3 is 0 Å². The smallest absolute Gasteiger partial charge is 0.270 e. The summed E-state index contributed by atoms with van der Waals surface area (Å²) in [7, 11) is 0. The van der Waals surface area contributed by atoms with Crippen molar-refractivity contribution in [3.8, 4) is 0 Å². The molecule has 0 aliphatic carbocycles. The van der Waals surface area contributed by atoms with Crippen molar-refractivity contribution < 1.29 is 9.72 Å². The number of thiophene rings is 1. The molecule has 1 fully saturated rings. The molecular weight excluding hydrogens is 290 g/mol. The van der Waals surface area contributed by atoms with Gasteiger partial charge in [-0.3, -0.25) is 14.9 Å². The molecule has 2 N–H and O–H groups in total. The Bertz CT molecular complexity index is 713. The van der Waals surface area contributed by atoms with E-state index in [0.717, 1.165) is 29.5 Å². The quantitative estimate of drug-likeness (QED) is 0.681. The monoisotopic (exact) mass is 305 g/mol. The average molecular weight is 305 g/mol. The molecule has 1 unspecified atom stereocenters. The summed E-state index contributed by atoms with van der Waals surface area (Å²) in [5, 5.41) is 11.5. The van der Waals surface area contributed by atoms with E-state index in [9.17, 15) is 14.9 Å². The number of benzene rings is 1. The first kappa shape index (κ1) is 14.0. The van der Waals surface area contributed by atoms with Crippen molar-refractivity contribution in [3.05, 3.63) is 39.3 Å². The van der Waals surface area contributed by atoms with E-state index in [1.807, 2.05) is 0 Å². The number of non-ortho nitro benzene ring substituents is 1. The van der Waals surface area contributed by atoms with Gasteiger partial charge in [-0.2, -0.15) is 0 Å². The average Bonchev–Trinajstić information content (AvgIpc) is 2.89. The zero-order valence-electron chi connectivity index (χ0n) is 11.3. The number of fused-ring (bicyclic) bond motifs is 1. The van der Waals surface area contributed by atoms with Crippen LogP contribution in [0.5, 0.6) is 0 Å². The molecule has 110 valence electrons. The minimum absolute atomic E-state index is 0.0333. The number of piperidine rings is 1. The number of rotatable bonds is 2. The minimum Gasteiger partial charge on any atom is -0.336 e. The summed E-state index contributed by atoms with van der Waals surface area (Å²) in [6.45, 7) is 1.30. The molecule has 1 amide bonds. The van der Waals surface area contributed by atoms with E-state index < -0.39 is 4.92 Å². The molecule has 0 bridgehead atoms. The van der Waals surface area contributed by atoms with Crippen LogP contribution in [0.25, 0.3) is 10.1 Å². The highest BCUT2D eigenvalue weighted by atomic mass is 32.1. The van der Waals surface area contributed by atoms with E-state index >= 15 is 0 Å². The number of likely N-dealkylation sites (tertiary alicyclic amines) is 1. The number of nitro groups is 1. The number of carbonyl (C=O) groups is 1. The molecule has 21 heavy (non-hydrogen) atoms. The van der Waals surface area contributed by atoms with Gasteiger partial charge in [-0.1, -0.05) is 0 Å². The minimum atomic E-state index is -0.428. The highest BCUT2D eigenvalue weighted by molar-refractivity contribution is 7.20. The molecule has 1 aromatic heterocycles. The molecule has 1 saturated heterocycles. The van der Waals surface area contributed by atoms with Gasteiger partial charge in [-0.05, 0) is 25.0 Å². The molecule has 6 nitrogen and oxygen atoms in total. The lowest BCUT2D eigenvalue weighted by Crippen LogP contribution is -2.45. The van der Waals surface area contributed by atoms with Gasteiger partial charge in [-0.15, -0.1) is 11.3 Å². The Balaban J connectivity index is 1.89. The molecule has 3 rings (SSSR count). The van der Waals surface area contributed by atoms with Crippen LogP contribution in [0.3, 0.4) is 0 Å². The van der Waals surface area contributed by atoms with Gasteiger partial charge in [0.2, 0.25) is 0 Å². The Hall–Kier alpha value is -1.99. The third kappa shape index (κ3) is 2.74. The molecule has 1 aromatic carbocycles. The Morgan fingerprint density at radius 1 is 1.43 bits per heavy atom. The number of nitro benzene ring substituents is 1. The van der Waals surface area contributed by atoms with E-state index in [0.29, 0.717) is 11.4 Å². The fourth-order valence-corrected chi connectivity index (χ4v) is 3.61. The molecule has 7 heteroatoms. The second kappa shape index (κ2) is 5.42. The Morgan fingerprint density at radius 3 is 2.95 bits per heavy atom. The third-order valence-corrected chi connectivity index (χ3v) is 4.77. The zero-order valence-corrected chi connectivity index (χ0v) is 12.1. The van der Waals surface area contributed by atoms with E-state index in [1.54, 1.807) is 17.0 Å². The number of hydrogen-bond acceptors (Lipinski definition) is 5. The van der Waals surface area contributed by atoms with Crippen molar-refractivity contribution in [2.75, 3.05) is 13.1 Å². The van der Waals surface area contributed by atoms with Gasteiger partial charge in [0.15, 0.2) is 0 Å². The molecule has 0 saturated carbocycles. The topological polar surface area (TPSA) is 89.5 Å². The Labute approximate surface area is 125 Å². The highest BCUT2D eigenvalue weighted by Gasteiger charge is 2.23. The molecule has 0 radical (unpaired) electrons. The van der Waals surface area contributed by atoms with Crippen LogP contribution in [-0.2, 0) is 0 Å². The van der Waals surface area contributed by atoms with Crippen molar-refractivity contribution in [2.24, 2.45) is 5.73 Å². The largest absolute Gasteiger partial charge is 0.336 e. The summed E-state index contributed by atoms with van der Waals surface area (Å²) in [6.07, 6.45) is 1.87. The summed E-state index contributed by atoms with van der Waals surface area (Å²) >= 11 is 1.37. The van der Waals surface area contributed by atoms with Crippen LogP contribution in [0.1, 0.15) is 22.5 Å². The number of hydrogen-bond donors (Lipinski definition) is 1. The highest BCUT2D eigenvalue weighted by Crippen LogP contribution is 2.30. The van der Waals surface area contributed by atoms with Crippen LogP contribution in [0, 0.1) is 10.1 Å². The van der Waals surface area contributed by atoms with E-state index in [1.165, 1.54) is 23.5 Å². The number of carbonyl (C=O) groups excluding carboxylic acids is 1. The predicted octanol–water partition coefficient (Wildman–Crippen LogP) is 2.37. The summed E-state index contributed by atoms with van der Waals surface area (Å²) in [6, 6.07) is 6.43. The van der Waals surface area contributed by atoms with Gasteiger partial charge in [0.05, 0.1) is 9.80 Å². The molecular formula is C14H15N3O3S. The fraction of sp³-hybridized carbons (Fsp3) is 0.357. The van der Waals surface area contributed by atoms with Crippen molar-refractivity contribution in [1.29, 1.82) is 0 Å².